The van der Waals surface area contributed by atoms with Gasteiger partial charge in [0.05, 0.1) is 37.8 Å². The maximum absolute atomic E-state index is 13.8. The van der Waals surface area contributed by atoms with Crippen LogP contribution in [0.25, 0.3) is 10.8 Å². The summed E-state index contributed by atoms with van der Waals surface area (Å²) in [5.74, 6) is 1.56. The molecular weight excluding hydrogens is 492 g/mol. The van der Waals surface area contributed by atoms with Gasteiger partial charge >= 0.3 is 11.9 Å². The predicted octanol–water partition coefficient (Wildman–Crippen LogP) is 3.91. The van der Waals surface area contributed by atoms with Crippen LogP contribution in [-0.2, 0) is 29.1 Å². The predicted molar refractivity (Wildman–Crippen MR) is 144 cm³/mol. The first-order chi connectivity index (χ1) is 17.6. The molecule has 3 aromatic carbocycles. The highest BCUT2D eigenvalue weighted by atomic mass is 32.2. The first-order valence-electron chi connectivity index (χ1n) is 11.6. The molecule has 194 valence electrons. The van der Waals surface area contributed by atoms with Crippen LogP contribution >= 0.6 is 0 Å². The van der Waals surface area contributed by atoms with Gasteiger partial charge in [-0.05, 0) is 38.1 Å². The first kappa shape index (κ1) is 27.6. The fourth-order valence-electron chi connectivity index (χ4n) is 4.07. The number of sulfonamides is 1. The van der Waals surface area contributed by atoms with Crippen LogP contribution in [0.4, 0.5) is 11.4 Å². The SMILES string of the molecule is C#CCN(c1ccc(N(CC(=O)OC)S(=O)(=O)c2ccc(C)cc2)c2ccccc12)[C@@H](C)CC(=O)OC. The van der Waals surface area contributed by atoms with Crippen LogP contribution in [0, 0.1) is 19.3 Å². The molecule has 0 heterocycles. The Morgan fingerprint density at radius 1 is 0.919 bits per heavy atom. The van der Waals surface area contributed by atoms with Gasteiger partial charge in [0.2, 0.25) is 0 Å². The number of nitrogens with zero attached hydrogens (tertiary/aromatic N) is 2. The Hall–Kier alpha value is -4.03. The molecule has 1 atom stereocenters. The lowest BCUT2D eigenvalue weighted by Crippen LogP contribution is -2.37. The summed E-state index contributed by atoms with van der Waals surface area (Å²) in [6.07, 6.45) is 5.76. The number of benzene rings is 3. The molecule has 3 aromatic rings. The van der Waals surface area contributed by atoms with Crippen molar-refractivity contribution in [1.82, 2.24) is 0 Å². The average Bonchev–Trinajstić information content (AvgIpc) is 2.90. The molecule has 0 fully saturated rings. The molecule has 37 heavy (non-hydrogen) atoms. The average molecular weight is 523 g/mol. The van der Waals surface area contributed by atoms with Crippen molar-refractivity contribution in [2.75, 3.05) is 36.5 Å². The van der Waals surface area contributed by atoms with Crippen LogP contribution < -0.4 is 9.21 Å². The Labute approximate surface area is 217 Å². The lowest BCUT2D eigenvalue weighted by Gasteiger charge is -2.31. The van der Waals surface area contributed by atoms with E-state index in [4.69, 9.17) is 15.9 Å². The van der Waals surface area contributed by atoms with Crippen LogP contribution in [0.2, 0.25) is 0 Å². The fourth-order valence-corrected chi connectivity index (χ4v) is 5.49. The maximum atomic E-state index is 13.8. The zero-order valence-corrected chi connectivity index (χ0v) is 22.1. The number of carbonyl (C=O) groups is 2. The Morgan fingerprint density at radius 3 is 2.05 bits per heavy atom. The van der Waals surface area contributed by atoms with Crippen LogP contribution in [0.15, 0.2) is 65.6 Å². The number of esters is 2. The highest BCUT2D eigenvalue weighted by molar-refractivity contribution is 7.92. The van der Waals surface area contributed by atoms with Crippen molar-refractivity contribution in [3.05, 3.63) is 66.2 Å². The first-order valence-corrected chi connectivity index (χ1v) is 13.0. The van der Waals surface area contributed by atoms with Gasteiger partial charge in [-0.3, -0.25) is 13.9 Å². The van der Waals surface area contributed by atoms with Crippen molar-refractivity contribution in [2.24, 2.45) is 0 Å². The van der Waals surface area contributed by atoms with E-state index in [1.54, 1.807) is 36.4 Å². The number of fused-ring (bicyclic) bond motifs is 1. The molecule has 0 unspecified atom stereocenters. The lowest BCUT2D eigenvalue weighted by molar-refractivity contribution is -0.141. The third-order valence-corrected chi connectivity index (χ3v) is 7.82. The second-order valence-electron chi connectivity index (χ2n) is 8.51. The number of aryl methyl sites for hydroxylation is 1. The van der Waals surface area contributed by atoms with Crippen molar-refractivity contribution >= 4 is 44.1 Å². The third-order valence-electron chi connectivity index (χ3n) is 6.05. The number of ether oxygens (including phenoxy) is 2. The molecule has 0 bridgehead atoms. The minimum absolute atomic E-state index is 0.0517. The van der Waals surface area contributed by atoms with Crippen LogP contribution in [0.1, 0.15) is 18.9 Å². The molecule has 0 radical (unpaired) electrons. The summed E-state index contributed by atoms with van der Waals surface area (Å²) in [4.78, 5) is 26.2. The topological polar surface area (TPSA) is 93.2 Å². The maximum Gasteiger partial charge on any atom is 0.326 e. The van der Waals surface area contributed by atoms with Crippen molar-refractivity contribution in [1.29, 1.82) is 0 Å². The zero-order valence-electron chi connectivity index (χ0n) is 21.3. The number of carbonyl (C=O) groups excluding carboxylic acids is 2. The molecule has 8 nitrogen and oxygen atoms in total. The van der Waals surface area contributed by atoms with E-state index in [1.165, 1.54) is 26.4 Å². The second kappa shape index (κ2) is 11.8. The van der Waals surface area contributed by atoms with Crippen molar-refractivity contribution < 1.29 is 27.5 Å². The number of hydrogen-bond donors (Lipinski definition) is 0. The summed E-state index contributed by atoms with van der Waals surface area (Å²) in [5, 5.41) is 1.30. The smallest absolute Gasteiger partial charge is 0.326 e. The van der Waals surface area contributed by atoms with Gasteiger partial charge < -0.3 is 14.4 Å². The van der Waals surface area contributed by atoms with Gasteiger partial charge in [-0.25, -0.2) is 8.42 Å². The summed E-state index contributed by atoms with van der Waals surface area (Å²) >= 11 is 0. The number of hydrogen-bond acceptors (Lipinski definition) is 7. The van der Waals surface area contributed by atoms with E-state index < -0.39 is 22.5 Å². The van der Waals surface area contributed by atoms with E-state index >= 15 is 0 Å². The molecule has 0 aliphatic heterocycles. The molecule has 0 saturated heterocycles. The van der Waals surface area contributed by atoms with Crippen LogP contribution in [0.3, 0.4) is 0 Å². The van der Waals surface area contributed by atoms with Gasteiger partial charge in [-0.1, -0.05) is 47.9 Å². The van der Waals surface area contributed by atoms with Gasteiger partial charge in [0.25, 0.3) is 10.0 Å². The molecule has 0 amide bonds. The zero-order chi connectivity index (χ0) is 27.2. The number of methoxy groups -OCH3 is 2. The molecular formula is C28H30N2O6S. The van der Waals surface area contributed by atoms with Crippen molar-refractivity contribution in [3.63, 3.8) is 0 Å². The Bertz CT molecular complexity index is 1430. The number of rotatable bonds is 10. The Kier molecular flexibility index (Phi) is 8.79. The second-order valence-corrected chi connectivity index (χ2v) is 10.4. The van der Waals surface area contributed by atoms with Gasteiger partial charge in [0, 0.05) is 22.5 Å². The van der Waals surface area contributed by atoms with Crippen molar-refractivity contribution in [3.8, 4) is 12.3 Å². The molecule has 9 heteroatoms. The van der Waals surface area contributed by atoms with E-state index in [1.807, 2.05) is 30.9 Å². The summed E-state index contributed by atoms with van der Waals surface area (Å²) < 4.78 is 38.2. The quantitative estimate of drug-likeness (QED) is 0.294. The molecule has 0 aromatic heterocycles. The van der Waals surface area contributed by atoms with Gasteiger partial charge in [0.15, 0.2) is 0 Å². The minimum atomic E-state index is -4.12. The molecule has 0 saturated carbocycles. The molecule has 0 spiro atoms. The van der Waals surface area contributed by atoms with Gasteiger partial charge in [-0.2, -0.15) is 0 Å². The minimum Gasteiger partial charge on any atom is -0.469 e. The molecule has 3 rings (SSSR count). The summed E-state index contributed by atoms with van der Waals surface area (Å²) in [7, 11) is -1.58. The number of anilines is 2. The molecule has 0 aliphatic carbocycles. The standard InChI is InChI=1S/C28H30N2O6S/c1-6-17-29(21(3)18-27(31)35-4)25-15-16-26(24-10-8-7-9-23(24)25)30(19-28(32)36-5)37(33,34)22-13-11-20(2)12-14-22/h1,7-16,21H,17-19H2,2-5H3/t21-/m0/s1. The van der Waals surface area contributed by atoms with Crippen LogP contribution in [-0.4, -0.2) is 53.7 Å². The lowest BCUT2D eigenvalue weighted by atomic mass is 10.0. The highest BCUT2D eigenvalue weighted by Gasteiger charge is 2.30. The summed E-state index contributed by atoms with van der Waals surface area (Å²) in [5.41, 5.74) is 1.94. The summed E-state index contributed by atoms with van der Waals surface area (Å²) in [6, 6.07) is 16.7. The largest absolute Gasteiger partial charge is 0.469 e. The van der Waals surface area contributed by atoms with Crippen molar-refractivity contribution in [2.45, 2.75) is 31.2 Å². The van der Waals surface area contributed by atoms with Gasteiger partial charge in [0.1, 0.15) is 6.54 Å². The van der Waals surface area contributed by atoms with E-state index in [-0.39, 0.29) is 29.9 Å². The van der Waals surface area contributed by atoms with Crippen LogP contribution in [0.5, 0.6) is 0 Å². The highest BCUT2D eigenvalue weighted by Crippen LogP contribution is 2.37. The molecule has 0 N–H and O–H groups in total. The van der Waals surface area contributed by atoms with E-state index in [9.17, 15) is 18.0 Å². The van der Waals surface area contributed by atoms with Gasteiger partial charge in [-0.15, -0.1) is 6.42 Å². The molecule has 0 aliphatic rings. The normalized spacial score (nSPS) is 11.9. The monoisotopic (exact) mass is 522 g/mol. The van der Waals surface area contributed by atoms with E-state index in [0.717, 1.165) is 15.6 Å². The van der Waals surface area contributed by atoms with E-state index in [2.05, 4.69) is 5.92 Å². The summed E-state index contributed by atoms with van der Waals surface area (Å²) in [6.45, 7) is 3.43. The van der Waals surface area contributed by atoms with E-state index in [0.29, 0.717) is 16.5 Å². The number of terminal acetylenes is 1. The Balaban J connectivity index is 2.21. The fraction of sp³-hybridized carbons (Fsp3) is 0.286. The Morgan fingerprint density at radius 2 is 1.49 bits per heavy atom. The third kappa shape index (κ3) is 6.04.